The van der Waals surface area contributed by atoms with E-state index in [2.05, 4.69) is 16.6 Å². The summed E-state index contributed by atoms with van der Waals surface area (Å²) >= 11 is 5.89. The Labute approximate surface area is 148 Å². The van der Waals surface area contributed by atoms with Crippen LogP contribution in [0.2, 0.25) is 5.02 Å². The molecule has 0 amide bonds. The highest BCUT2D eigenvalue weighted by Crippen LogP contribution is 2.23. The summed E-state index contributed by atoms with van der Waals surface area (Å²) in [5.41, 5.74) is 3.17. The van der Waals surface area contributed by atoms with E-state index in [0.717, 1.165) is 30.4 Å². The van der Waals surface area contributed by atoms with Gasteiger partial charge < -0.3 is 0 Å². The molecule has 1 aliphatic carbocycles. The SMILES string of the molecule is O=S(=O)(NCC#Cc1cccc(Cl)c1)c1ccc2c(c1)CCCC2. The number of benzene rings is 2. The second-order valence-corrected chi connectivity index (χ2v) is 7.98. The maximum Gasteiger partial charge on any atom is 0.241 e. The molecule has 0 saturated heterocycles. The molecule has 124 valence electrons. The topological polar surface area (TPSA) is 46.2 Å². The summed E-state index contributed by atoms with van der Waals surface area (Å²) in [4.78, 5) is 0.313. The minimum Gasteiger partial charge on any atom is -0.207 e. The molecule has 0 spiro atoms. The normalized spacial score (nSPS) is 13.7. The first-order chi connectivity index (χ1) is 11.5. The van der Waals surface area contributed by atoms with E-state index in [1.807, 2.05) is 18.2 Å². The van der Waals surface area contributed by atoms with E-state index in [4.69, 9.17) is 11.6 Å². The van der Waals surface area contributed by atoms with Crippen LogP contribution in [0.25, 0.3) is 0 Å². The maximum atomic E-state index is 12.4. The summed E-state index contributed by atoms with van der Waals surface area (Å²) in [6.07, 6.45) is 4.28. The highest BCUT2D eigenvalue weighted by molar-refractivity contribution is 7.89. The van der Waals surface area contributed by atoms with Crippen LogP contribution < -0.4 is 4.72 Å². The Hall–Kier alpha value is -1.80. The molecule has 0 aliphatic heterocycles. The molecule has 0 bridgehead atoms. The van der Waals surface area contributed by atoms with Gasteiger partial charge in [0, 0.05) is 10.6 Å². The third-order valence-electron chi connectivity index (χ3n) is 4.04. The van der Waals surface area contributed by atoms with Crippen molar-refractivity contribution >= 4 is 21.6 Å². The predicted octanol–water partition coefficient (Wildman–Crippen LogP) is 3.55. The van der Waals surface area contributed by atoms with Crippen LogP contribution in [0.4, 0.5) is 0 Å². The summed E-state index contributed by atoms with van der Waals surface area (Å²) in [7, 11) is -3.53. The molecule has 0 aromatic heterocycles. The van der Waals surface area contributed by atoms with Crippen molar-refractivity contribution in [3.8, 4) is 11.8 Å². The third kappa shape index (κ3) is 4.18. The largest absolute Gasteiger partial charge is 0.241 e. The Bertz CT molecular complexity index is 910. The van der Waals surface area contributed by atoms with Crippen LogP contribution in [-0.2, 0) is 22.9 Å². The zero-order valence-corrected chi connectivity index (χ0v) is 14.8. The van der Waals surface area contributed by atoms with Gasteiger partial charge in [0.1, 0.15) is 0 Å². The smallest absolute Gasteiger partial charge is 0.207 e. The summed E-state index contributed by atoms with van der Waals surface area (Å²) in [6.45, 7) is 0.0614. The summed E-state index contributed by atoms with van der Waals surface area (Å²) in [6, 6.07) is 12.6. The highest BCUT2D eigenvalue weighted by Gasteiger charge is 2.16. The average molecular weight is 360 g/mol. The molecule has 0 fully saturated rings. The molecule has 2 aromatic carbocycles. The minimum atomic E-state index is -3.53. The van der Waals surface area contributed by atoms with Crippen molar-refractivity contribution in [2.45, 2.75) is 30.6 Å². The molecule has 1 N–H and O–H groups in total. The van der Waals surface area contributed by atoms with Gasteiger partial charge in [-0.25, -0.2) is 8.42 Å². The van der Waals surface area contributed by atoms with Gasteiger partial charge in [0.15, 0.2) is 0 Å². The van der Waals surface area contributed by atoms with Gasteiger partial charge in [0.2, 0.25) is 10.0 Å². The van der Waals surface area contributed by atoms with Crippen LogP contribution in [0.15, 0.2) is 47.4 Å². The van der Waals surface area contributed by atoms with Crippen molar-refractivity contribution in [3.05, 3.63) is 64.2 Å². The van der Waals surface area contributed by atoms with Gasteiger partial charge in [-0.05, 0) is 67.1 Å². The number of nitrogens with one attached hydrogen (secondary N) is 1. The fraction of sp³-hybridized carbons (Fsp3) is 0.263. The fourth-order valence-corrected chi connectivity index (χ4v) is 3.97. The van der Waals surface area contributed by atoms with E-state index in [9.17, 15) is 8.42 Å². The predicted molar refractivity (Wildman–Crippen MR) is 96.6 cm³/mol. The number of hydrogen-bond acceptors (Lipinski definition) is 2. The Morgan fingerprint density at radius 1 is 1.04 bits per heavy atom. The van der Waals surface area contributed by atoms with E-state index < -0.39 is 10.0 Å². The Kier molecular flexibility index (Phi) is 5.25. The summed E-state index contributed by atoms with van der Waals surface area (Å²) in [5.74, 6) is 5.72. The lowest BCUT2D eigenvalue weighted by molar-refractivity contribution is 0.585. The van der Waals surface area contributed by atoms with Gasteiger partial charge in [-0.15, -0.1) is 0 Å². The van der Waals surface area contributed by atoms with E-state index in [1.54, 1.807) is 24.3 Å². The zero-order valence-electron chi connectivity index (χ0n) is 13.2. The molecule has 0 radical (unpaired) electrons. The van der Waals surface area contributed by atoms with Gasteiger partial charge in [0.05, 0.1) is 11.4 Å². The Morgan fingerprint density at radius 2 is 1.83 bits per heavy atom. The zero-order chi connectivity index (χ0) is 17.0. The van der Waals surface area contributed by atoms with Crippen molar-refractivity contribution in [1.82, 2.24) is 4.72 Å². The number of fused-ring (bicyclic) bond motifs is 1. The van der Waals surface area contributed by atoms with E-state index >= 15 is 0 Å². The minimum absolute atomic E-state index is 0.0614. The molecule has 5 heteroatoms. The molecular weight excluding hydrogens is 342 g/mol. The number of halogens is 1. The van der Waals surface area contributed by atoms with Crippen molar-refractivity contribution < 1.29 is 8.42 Å². The van der Waals surface area contributed by atoms with Gasteiger partial charge in [0.25, 0.3) is 0 Å². The lowest BCUT2D eigenvalue weighted by Crippen LogP contribution is -2.24. The second-order valence-electron chi connectivity index (χ2n) is 5.77. The Balaban J connectivity index is 1.68. The van der Waals surface area contributed by atoms with Crippen LogP contribution in [0.3, 0.4) is 0 Å². The van der Waals surface area contributed by atoms with Crippen molar-refractivity contribution in [2.24, 2.45) is 0 Å². The molecule has 3 nitrogen and oxygen atoms in total. The molecular formula is C19H18ClNO2S. The lowest BCUT2D eigenvalue weighted by atomic mass is 9.92. The van der Waals surface area contributed by atoms with Gasteiger partial charge in [-0.2, -0.15) is 4.72 Å². The third-order valence-corrected chi connectivity index (χ3v) is 5.67. The molecule has 0 heterocycles. The molecule has 2 aromatic rings. The first-order valence-corrected chi connectivity index (χ1v) is 9.77. The average Bonchev–Trinajstić information content (AvgIpc) is 2.58. The van der Waals surface area contributed by atoms with Crippen LogP contribution in [-0.4, -0.2) is 15.0 Å². The molecule has 1 aliphatic rings. The number of sulfonamides is 1. The van der Waals surface area contributed by atoms with Crippen LogP contribution in [0.5, 0.6) is 0 Å². The second kappa shape index (κ2) is 7.40. The van der Waals surface area contributed by atoms with E-state index in [1.165, 1.54) is 12.0 Å². The molecule has 0 saturated carbocycles. The van der Waals surface area contributed by atoms with Crippen LogP contribution in [0.1, 0.15) is 29.5 Å². The van der Waals surface area contributed by atoms with Crippen molar-refractivity contribution in [2.75, 3.05) is 6.54 Å². The number of aryl methyl sites for hydroxylation is 2. The molecule has 3 rings (SSSR count). The van der Waals surface area contributed by atoms with Gasteiger partial charge >= 0.3 is 0 Å². The van der Waals surface area contributed by atoms with E-state index in [0.29, 0.717) is 9.92 Å². The Morgan fingerprint density at radius 3 is 2.62 bits per heavy atom. The standard InChI is InChI=1S/C19H18ClNO2S/c20-18-9-3-5-15(13-18)6-4-12-21-24(22,23)19-11-10-16-7-1-2-8-17(16)14-19/h3,5,9-11,13-14,21H,1-2,7-8,12H2. The van der Waals surface area contributed by atoms with Gasteiger partial charge in [-0.3, -0.25) is 0 Å². The number of rotatable bonds is 3. The van der Waals surface area contributed by atoms with E-state index in [-0.39, 0.29) is 6.54 Å². The highest BCUT2D eigenvalue weighted by atomic mass is 35.5. The van der Waals surface area contributed by atoms with Gasteiger partial charge in [-0.1, -0.05) is 35.6 Å². The quantitative estimate of drug-likeness (QED) is 0.852. The first-order valence-electron chi connectivity index (χ1n) is 7.90. The summed E-state index contributed by atoms with van der Waals surface area (Å²) in [5, 5.41) is 0.608. The molecule has 0 unspecified atom stereocenters. The summed E-state index contributed by atoms with van der Waals surface area (Å²) < 4.78 is 27.3. The monoisotopic (exact) mass is 359 g/mol. The first kappa shape index (κ1) is 17.0. The van der Waals surface area contributed by atoms with Crippen molar-refractivity contribution in [3.63, 3.8) is 0 Å². The van der Waals surface area contributed by atoms with Crippen LogP contribution >= 0.6 is 11.6 Å². The lowest BCUT2D eigenvalue weighted by Gasteiger charge is -2.16. The molecule has 24 heavy (non-hydrogen) atoms. The fourth-order valence-electron chi connectivity index (χ4n) is 2.80. The van der Waals surface area contributed by atoms with Crippen LogP contribution in [0, 0.1) is 11.8 Å². The van der Waals surface area contributed by atoms with Crippen molar-refractivity contribution in [1.29, 1.82) is 0 Å². The maximum absolute atomic E-state index is 12.4. The number of hydrogen-bond donors (Lipinski definition) is 1. The molecule has 0 atom stereocenters.